The molecule has 0 saturated carbocycles. The van der Waals surface area contributed by atoms with Crippen LogP contribution in [-0.4, -0.2) is 11.1 Å². The van der Waals surface area contributed by atoms with Crippen LogP contribution >= 0.6 is 11.3 Å². The van der Waals surface area contributed by atoms with E-state index in [1.54, 1.807) is 0 Å². The first-order chi connectivity index (χ1) is 7.18. The second kappa shape index (κ2) is 3.82. The third kappa shape index (κ3) is 1.89. The highest BCUT2D eigenvalue weighted by atomic mass is 32.1. The molecule has 1 aromatic carbocycles. The Hall–Kier alpha value is -1.68. The van der Waals surface area contributed by atoms with Gasteiger partial charge in [0.15, 0.2) is 0 Å². The van der Waals surface area contributed by atoms with Crippen LogP contribution in [0.2, 0.25) is 0 Å². The Balaban J connectivity index is 2.61. The number of aromatic carboxylic acids is 1. The van der Waals surface area contributed by atoms with Crippen LogP contribution in [-0.2, 0) is 0 Å². The summed E-state index contributed by atoms with van der Waals surface area (Å²) < 4.78 is 12.9. The van der Waals surface area contributed by atoms with Crippen molar-refractivity contribution < 1.29 is 14.3 Å². The highest BCUT2D eigenvalue weighted by molar-refractivity contribution is 7.08. The highest BCUT2D eigenvalue weighted by Gasteiger charge is 2.12. The van der Waals surface area contributed by atoms with Crippen LogP contribution in [0.1, 0.15) is 10.4 Å². The standard InChI is InChI=1S/C11H7FO2S/c12-8-1-2-9(7-3-4-15-6-7)10(5-8)11(13)14/h1-6H,(H,13,14). The van der Waals surface area contributed by atoms with Gasteiger partial charge in [-0.2, -0.15) is 11.3 Å². The van der Waals surface area contributed by atoms with Crippen molar-refractivity contribution in [3.63, 3.8) is 0 Å². The largest absolute Gasteiger partial charge is 0.478 e. The van der Waals surface area contributed by atoms with Gasteiger partial charge in [-0.3, -0.25) is 0 Å². The van der Waals surface area contributed by atoms with E-state index in [0.29, 0.717) is 5.56 Å². The van der Waals surface area contributed by atoms with Crippen LogP contribution in [0.15, 0.2) is 35.0 Å². The van der Waals surface area contributed by atoms with Gasteiger partial charge >= 0.3 is 5.97 Å². The molecule has 76 valence electrons. The summed E-state index contributed by atoms with van der Waals surface area (Å²) in [7, 11) is 0. The van der Waals surface area contributed by atoms with E-state index in [4.69, 9.17) is 5.11 Å². The van der Waals surface area contributed by atoms with Crippen LogP contribution in [0.4, 0.5) is 4.39 Å². The van der Waals surface area contributed by atoms with Gasteiger partial charge in [0.2, 0.25) is 0 Å². The molecule has 2 aromatic rings. The van der Waals surface area contributed by atoms with Crippen molar-refractivity contribution in [2.45, 2.75) is 0 Å². The van der Waals surface area contributed by atoms with Gasteiger partial charge in [-0.15, -0.1) is 0 Å². The first-order valence-corrected chi connectivity index (χ1v) is 5.18. The molecule has 0 bridgehead atoms. The predicted molar refractivity (Wildman–Crippen MR) is 56.7 cm³/mol. The lowest BCUT2D eigenvalue weighted by molar-refractivity contribution is 0.0697. The van der Waals surface area contributed by atoms with Crippen molar-refractivity contribution in [2.75, 3.05) is 0 Å². The fourth-order valence-corrected chi connectivity index (χ4v) is 2.02. The van der Waals surface area contributed by atoms with E-state index < -0.39 is 11.8 Å². The van der Waals surface area contributed by atoms with Gasteiger partial charge in [0.1, 0.15) is 5.82 Å². The maximum atomic E-state index is 12.9. The highest BCUT2D eigenvalue weighted by Crippen LogP contribution is 2.26. The summed E-state index contributed by atoms with van der Waals surface area (Å²) in [5, 5.41) is 12.6. The zero-order valence-corrected chi connectivity index (χ0v) is 8.42. The minimum atomic E-state index is -1.12. The molecule has 0 aliphatic carbocycles. The van der Waals surface area contributed by atoms with Gasteiger partial charge in [-0.1, -0.05) is 6.07 Å². The molecule has 0 fully saturated rings. The summed E-state index contributed by atoms with van der Waals surface area (Å²) in [6, 6.07) is 5.60. The molecule has 0 amide bonds. The van der Waals surface area contributed by atoms with Gasteiger partial charge in [0.05, 0.1) is 5.56 Å². The second-order valence-electron chi connectivity index (χ2n) is 3.01. The maximum Gasteiger partial charge on any atom is 0.336 e. The summed E-state index contributed by atoms with van der Waals surface area (Å²) in [5.41, 5.74) is 1.34. The Morgan fingerprint density at radius 2 is 2.13 bits per heavy atom. The summed E-state index contributed by atoms with van der Waals surface area (Å²) in [6.45, 7) is 0. The van der Waals surface area contributed by atoms with E-state index in [1.807, 2.05) is 16.8 Å². The number of carboxylic acids is 1. The van der Waals surface area contributed by atoms with Crippen molar-refractivity contribution in [3.05, 3.63) is 46.4 Å². The molecule has 1 aromatic heterocycles. The van der Waals surface area contributed by atoms with Crippen molar-refractivity contribution in [2.24, 2.45) is 0 Å². The molecule has 0 unspecified atom stereocenters. The average molecular weight is 222 g/mol. The Morgan fingerprint density at radius 3 is 2.73 bits per heavy atom. The molecule has 0 atom stereocenters. The molecule has 1 N–H and O–H groups in total. The van der Waals surface area contributed by atoms with Gasteiger partial charge in [0.25, 0.3) is 0 Å². The van der Waals surface area contributed by atoms with Gasteiger partial charge in [-0.25, -0.2) is 9.18 Å². The quantitative estimate of drug-likeness (QED) is 0.846. The molecule has 0 saturated heterocycles. The average Bonchev–Trinajstić information content (AvgIpc) is 2.70. The number of benzene rings is 1. The molecular weight excluding hydrogens is 215 g/mol. The zero-order valence-electron chi connectivity index (χ0n) is 7.61. The molecule has 0 radical (unpaired) electrons. The van der Waals surface area contributed by atoms with Gasteiger partial charge < -0.3 is 5.11 Å². The lowest BCUT2D eigenvalue weighted by atomic mass is 10.0. The van der Waals surface area contributed by atoms with E-state index in [-0.39, 0.29) is 5.56 Å². The van der Waals surface area contributed by atoms with Crippen LogP contribution < -0.4 is 0 Å². The Morgan fingerprint density at radius 1 is 1.33 bits per heavy atom. The van der Waals surface area contributed by atoms with Crippen LogP contribution in [0.25, 0.3) is 11.1 Å². The molecule has 0 aliphatic rings. The fraction of sp³-hybridized carbons (Fsp3) is 0. The SMILES string of the molecule is O=C(O)c1cc(F)ccc1-c1ccsc1. The summed E-state index contributed by atoms with van der Waals surface area (Å²) in [4.78, 5) is 10.9. The lowest BCUT2D eigenvalue weighted by Crippen LogP contribution is -1.99. The van der Waals surface area contributed by atoms with Crippen molar-refractivity contribution in [1.82, 2.24) is 0 Å². The fourth-order valence-electron chi connectivity index (χ4n) is 1.36. The Bertz CT molecular complexity index is 491. The molecule has 0 aliphatic heterocycles. The molecule has 15 heavy (non-hydrogen) atoms. The minimum absolute atomic E-state index is 0.00611. The van der Waals surface area contributed by atoms with Gasteiger partial charge in [-0.05, 0) is 40.1 Å². The predicted octanol–water partition coefficient (Wildman–Crippen LogP) is 3.25. The van der Waals surface area contributed by atoms with Crippen LogP contribution in [0, 0.1) is 5.82 Å². The first kappa shape index (κ1) is 9.86. The minimum Gasteiger partial charge on any atom is -0.478 e. The van der Waals surface area contributed by atoms with E-state index in [1.165, 1.54) is 23.5 Å². The number of hydrogen-bond donors (Lipinski definition) is 1. The molecule has 1 heterocycles. The first-order valence-electron chi connectivity index (χ1n) is 4.24. The number of hydrogen-bond acceptors (Lipinski definition) is 2. The summed E-state index contributed by atoms with van der Waals surface area (Å²) in [5.74, 6) is -1.65. The Kier molecular flexibility index (Phi) is 2.51. The van der Waals surface area contributed by atoms with E-state index in [0.717, 1.165) is 11.6 Å². The summed E-state index contributed by atoms with van der Waals surface area (Å²) >= 11 is 1.47. The number of carbonyl (C=O) groups is 1. The number of rotatable bonds is 2. The monoisotopic (exact) mass is 222 g/mol. The lowest BCUT2D eigenvalue weighted by Gasteiger charge is -2.03. The molecule has 2 nitrogen and oxygen atoms in total. The van der Waals surface area contributed by atoms with E-state index in [9.17, 15) is 9.18 Å². The molecule has 2 rings (SSSR count). The van der Waals surface area contributed by atoms with Gasteiger partial charge in [0, 0.05) is 0 Å². The van der Waals surface area contributed by atoms with Crippen LogP contribution in [0.3, 0.4) is 0 Å². The van der Waals surface area contributed by atoms with Crippen molar-refractivity contribution in [3.8, 4) is 11.1 Å². The molecule has 0 spiro atoms. The normalized spacial score (nSPS) is 10.2. The van der Waals surface area contributed by atoms with Crippen LogP contribution in [0.5, 0.6) is 0 Å². The third-order valence-corrected chi connectivity index (χ3v) is 2.73. The van der Waals surface area contributed by atoms with E-state index >= 15 is 0 Å². The molecule has 4 heteroatoms. The van der Waals surface area contributed by atoms with E-state index in [2.05, 4.69) is 0 Å². The van der Waals surface area contributed by atoms with Crippen molar-refractivity contribution in [1.29, 1.82) is 0 Å². The number of thiophene rings is 1. The number of carboxylic acid groups (broad SMARTS) is 1. The zero-order chi connectivity index (χ0) is 10.8. The topological polar surface area (TPSA) is 37.3 Å². The van der Waals surface area contributed by atoms with Crippen molar-refractivity contribution >= 4 is 17.3 Å². The summed E-state index contributed by atoms with van der Waals surface area (Å²) in [6.07, 6.45) is 0. The maximum absolute atomic E-state index is 12.9. The second-order valence-corrected chi connectivity index (χ2v) is 3.79. The smallest absolute Gasteiger partial charge is 0.336 e. The third-order valence-electron chi connectivity index (χ3n) is 2.04. The Labute approximate surface area is 89.6 Å². The number of halogens is 1. The molecular formula is C11H7FO2S.